The predicted molar refractivity (Wildman–Crippen MR) is 72.0 cm³/mol. The highest BCUT2D eigenvalue weighted by Gasteiger charge is 2.29. The van der Waals surface area contributed by atoms with Crippen LogP contribution in [-0.4, -0.2) is 17.6 Å². The molecule has 0 aromatic carbocycles. The lowest BCUT2D eigenvalue weighted by Gasteiger charge is -2.26. The molecule has 3 heteroatoms. The van der Waals surface area contributed by atoms with Gasteiger partial charge in [-0.3, -0.25) is 4.98 Å². The van der Waals surface area contributed by atoms with Crippen molar-refractivity contribution in [2.75, 3.05) is 11.4 Å². The molecule has 94 valence electrons. The molecule has 1 aliphatic rings. The van der Waals surface area contributed by atoms with Gasteiger partial charge in [0.1, 0.15) is 0 Å². The Kier molecular flexibility index (Phi) is 3.67. The van der Waals surface area contributed by atoms with Gasteiger partial charge in [0.05, 0.1) is 17.6 Å². The van der Waals surface area contributed by atoms with E-state index in [1.54, 1.807) is 0 Å². The highest BCUT2D eigenvalue weighted by Crippen LogP contribution is 2.32. The molecule has 0 bridgehead atoms. The molecular weight excluding hydrogens is 210 g/mol. The van der Waals surface area contributed by atoms with E-state index in [1.165, 1.54) is 18.5 Å². The van der Waals surface area contributed by atoms with Crippen LogP contribution in [-0.2, 0) is 0 Å². The minimum atomic E-state index is 0.0172. The normalized spacial score (nSPS) is 17.2. The summed E-state index contributed by atoms with van der Waals surface area (Å²) in [5, 5.41) is 0. The van der Waals surface area contributed by atoms with Crippen molar-refractivity contribution in [3.05, 3.63) is 24.0 Å². The van der Waals surface area contributed by atoms with Gasteiger partial charge in [-0.15, -0.1) is 0 Å². The van der Waals surface area contributed by atoms with Gasteiger partial charge in [0.15, 0.2) is 0 Å². The summed E-state index contributed by atoms with van der Waals surface area (Å²) in [7, 11) is 0. The van der Waals surface area contributed by atoms with Crippen LogP contribution in [0.3, 0.4) is 0 Å². The molecule has 1 heterocycles. The average Bonchev–Trinajstić information content (AvgIpc) is 3.09. The fourth-order valence-corrected chi connectivity index (χ4v) is 2.08. The zero-order chi connectivity index (χ0) is 12.4. The number of hydrogen-bond acceptors (Lipinski definition) is 3. The van der Waals surface area contributed by atoms with Crippen LogP contribution < -0.4 is 10.6 Å². The van der Waals surface area contributed by atoms with E-state index in [0.29, 0.717) is 5.92 Å². The van der Waals surface area contributed by atoms with Gasteiger partial charge in [0.25, 0.3) is 0 Å². The maximum absolute atomic E-state index is 5.82. The fraction of sp³-hybridized carbons (Fsp3) is 0.643. The Labute approximate surface area is 104 Å². The van der Waals surface area contributed by atoms with Crippen LogP contribution in [0.4, 0.5) is 5.69 Å². The Morgan fingerprint density at radius 2 is 2.06 bits per heavy atom. The summed E-state index contributed by atoms with van der Waals surface area (Å²) >= 11 is 0. The van der Waals surface area contributed by atoms with Crippen LogP contribution in [0.2, 0.25) is 0 Å². The van der Waals surface area contributed by atoms with Crippen molar-refractivity contribution >= 4 is 5.69 Å². The Hall–Kier alpha value is -1.09. The van der Waals surface area contributed by atoms with Gasteiger partial charge in [-0.1, -0.05) is 13.8 Å². The van der Waals surface area contributed by atoms with E-state index in [-0.39, 0.29) is 6.04 Å². The van der Waals surface area contributed by atoms with Crippen LogP contribution in [0.15, 0.2) is 18.3 Å². The third-order valence-electron chi connectivity index (χ3n) is 3.12. The molecule has 0 aliphatic heterocycles. The Bertz CT molecular complexity index is 352. The lowest BCUT2D eigenvalue weighted by molar-refractivity contribution is 0.606. The van der Waals surface area contributed by atoms with Gasteiger partial charge >= 0.3 is 0 Å². The van der Waals surface area contributed by atoms with Crippen molar-refractivity contribution in [3.8, 4) is 0 Å². The summed E-state index contributed by atoms with van der Waals surface area (Å²) in [5.74, 6) is 0.684. The van der Waals surface area contributed by atoms with E-state index in [2.05, 4.69) is 35.9 Å². The maximum Gasteiger partial charge on any atom is 0.0569 e. The van der Waals surface area contributed by atoms with Crippen LogP contribution >= 0.6 is 0 Å². The summed E-state index contributed by atoms with van der Waals surface area (Å²) in [4.78, 5) is 6.94. The summed E-state index contributed by atoms with van der Waals surface area (Å²) in [6.45, 7) is 7.61. The first-order chi connectivity index (χ1) is 8.08. The van der Waals surface area contributed by atoms with Gasteiger partial charge in [0.2, 0.25) is 0 Å². The third-order valence-corrected chi connectivity index (χ3v) is 3.12. The van der Waals surface area contributed by atoms with Gasteiger partial charge in [-0.2, -0.15) is 0 Å². The highest BCUT2D eigenvalue weighted by atomic mass is 15.2. The number of rotatable bonds is 5. The molecule has 0 amide bonds. The molecule has 0 saturated heterocycles. The number of nitrogens with zero attached hydrogens (tertiary/aromatic N) is 2. The SMILES string of the molecule is CC(C)CN(c1ccc([C@H](C)N)nc1)C1CC1. The first-order valence-corrected chi connectivity index (χ1v) is 6.56. The molecule has 0 spiro atoms. The summed E-state index contributed by atoms with van der Waals surface area (Å²) in [6, 6.07) is 4.96. The predicted octanol–water partition coefficient (Wildman–Crippen LogP) is 2.73. The number of nitrogens with two attached hydrogens (primary N) is 1. The number of aromatic nitrogens is 1. The molecule has 2 rings (SSSR count). The van der Waals surface area contributed by atoms with E-state index in [1.807, 2.05) is 13.1 Å². The van der Waals surface area contributed by atoms with Crippen molar-refractivity contribution in [1.82, 2.24) is 4.98 Å². The first-order valence-electron chi connectivity index (χ1n) is 6.56. The summed E-state index contributed by atoms with van der Waals surface area (Å²) in [5.41, 5.74) is 8.02. The molecule has 0 unspecified atom stereocenters. The molecular formula is C14H23N3. The van der Waals surface area contributed by atoms with Crippen molar-refractivity contribution in [2.45, 2.75) is 45.7 Å². The average molecular weight is 233 g/mol. The molecule has 1 aromatic heterocycles. The molecule has 2 N–H and O–H groups in total. The lowest BCUT2D eigenvalue weighted by atomic mass is 10.1. The highest BCUT2D eigenvalue weighted by molar-refractivity contribution is 5.47. The van der Waals surface area contributed by atoms with Crippen molar-refractivity contribution in [2.24, 2.45) is 11.7 Å². The summed E-state index contributed by atoms with van der Waals surface area (Å²) < 4.78 is 0. The van der Waals surface area contributed by atoms with Crippen LogP contribution in [0.5, 0.6) is 0 Å². The Morgan fingerprint density at radius 3 is 2.47 bits per heavy atom. The lowest BCUT2D eigenvalue weighted by Crippen LogP contribution is -2.29. The molecule has 3 nitrogen and oxygen atoms in total. The van der Waals surface area contributed by atoms with E-state index < -0.39 is 0 Å². The van der Waals surface area contributed by atoms with Crippen molar-refractivity contribution < 1.29 is 0 Å². The number of hydrogen-bond donors (Lipinski definition) is 1. The van der Waals surface area contributed by atoms with E-state index in [0.717, 1.165) is 18.3 Å². The fourth-order valence-electron chi connectivity index (χ4n) is 2.08. The van der Waals surface area contributed by atoms with E-state index in [9.17, 15) is 0 Å². The van der Waals surface area contributed by atoms with Gasteiger partial charge in [0, 0.05) is 18.6 Å². The summed E-state index contributed by atoms with van der Waals surface area (Å²) in [6.07, 6.45) is 4.61. The van der Waals surface area contributed by atoms with Gasteiger partial charge < -0.3 is 10.6 Å². The van der Waals surface area contributed by atoms with E-state index >= 15 is 0 Å². The monoisotopic (exact) mass is 233 g/mol. The second kappa shape index (κ2) is 5.05. The molecule has 1 atom stereocenters. The minimum Gasteiger partial charge on any atom is -0.367 e. The molecule has 1 aliphatic carbocycles. The zero-order valence-electron chi connectivity index (χ0n) is 11.1. The second-order valence-electron chi connectivity index (χ2n) is 5.51. The van der Waals surface area contributed by atoms with Crippen LogP contribution in [0.25, 0.3) is 0 Å². The van der Waals surface area contributed by atoms with Crippen molar-refractivity contribution in [3.63, 3.8) is 0 Å². The maximum atomic E-state index is 5.82. The van der Waals surface area contributed by atoms with Gasteiger partial charge in [-0.25, -0.2) is 0 Å². The first kappa shape index (κ1) is 12.4. The standard InChI is InChI=1S/C14H23N3/c1-10(2)9-17(12-4-5-12)13-6-7-14(11(3)15)16-8-13/h6-8,10-12H,4-5,9,15H2,1-3H3/t11-/m0/s1. The van der Waals surface area contributed by atoms with Crippen LogP contribution in [0, 0.1) is 5.92 Å². The third kappa shape index (κ3) is 3.19. The Morgan fingerprint density at radius 1 is 1.35 bits per heavy atom. The van der Waals surface area contributed by atoms with Gasteiger partial charge in [-0.05, 0) is 37.8 Å². The largest absolute Gasteiger partial charge is 0.367 e. The molecule has 1 fully saturated rings. The van der Waals surface area contributed by atoms with Crippen molar-refractivity contribution in [1.29, 1.82) is 0 Å². The molecule has 17 heavy (non-hydrogen) atoms. The second-order valence-corrected chi connectivity index (χ2v) is 5.51. The van der Waals surface area contributed by atoms with E-state index in [4.69, 9.17) is 5.73 Å². The molecule has 1 aromatic rings. The zero-order valence-corrected chi connectivity index (χ0v) is 11.1. The Balaban J connectivity index is 2.12. The van der Waals surface area contributed by atoms with Crippen LogP contribution in [0.1, 0.15) is 45.3 Å². The number of pyridine rings is 1. The molecule has 1 saturated carbocycles. The topological polar surface area (TPSA) is 42.1 Å². The quantitative estimate of drug-likeness (QED) is 0.850. The smallest absolute Gasteiger partial charge is 0.0569 e. The molecule has 0 radical (unpaired) electrons. The minimum absolute atomic E-state index is 0.0172. The number of anilines is 1.